The van der Waals surface area contributed by atoms with Gasteiger partial charge in [0, 0.05) is 36.5 Å². The summed E-state index contributed by atoms with van der Waals surface area (Å²) in [7, 11) is 0. The quantitative estimate of drug-likeness (QED) is 0.0906. The van der Waals surface area contributed by atoms with Gasteiger partial charge in [0.25, 0.3) is 0 Å². The molecule has 0 unspecified atom stereocenters. The summed E-state index contributed by atoms with van der Waals surface area (Å²) in [5.41, 5.74) is 18.4. The third-order valence-corrected chi connectivity index (χ3v) is 16.0. The van der Waals surface area contributed by atoms with Gasteiger partial charge in [0.1, 0.15) is 0 Å². The normalized spacial score (nSPS) is 20.4. The van der Waals surface area contributed by atoms with Crippen LogP contribution in [-0.4, -0.2) is 65.4 Å². The lowest BCUT2D eigenvalue weighted by atomic mass is 9.84. The number of ether oxygens (including phenoxy) is 6. The first kappa shape index (κ1) is 48.9. The Balaban J connectivity index is 0.686. The molecule has 4 saturated heterocycles. The van der Waals surface area contributed by atoms with E-state index < -0.39 is 0 Å². The van der Waals surface area contributed by atoms with Crippen LogP contribution in [0.2, 0.25) is 0 Å². The van der Waals surface area contributed by atoms with Gasteiger partial charge in [-0.1, -0.05) is 169 Å². The molecule has 0 aromatic heterocycles. The smallest absolute Gasteiger partial charge is 0.161 e. The topological polar surface area (TPSA) is 55.4 Å². The molecule has 0 N–H and O–H groups in total. The van der Waals surface area contributed by atoms with Crippen molar-refractivity contribution in [3.8, 4) is 11.1 Å². The monoisotopic (exact) mass is 983 g/mol. The van der Waals surface area contributed by atoms with Crippen LogP contribution in [0.1, 0.15) is 66.8 Å². The molecule has 0 saturated carbocycles. The minimum absolute atomic E-state index is 0.239. The number of rotatable bonds is 17. The zero-order valence-corrected chi connectivity index (χ0v) is 43.2. The molecule has 74 heavy (non-hydrogen) atoms. The average molecular weight is 983 g/mol. The van der Waals surface area contributed by atoms with E-state index in [2.05, 4.69) is 172 Å². The zero-order chi connectivity index (χ0) is 49.8. The first-order valence-electron chi connectivity index (χ1n) is 27.3. The van der Waals surface area contributed by atoms with Crippen molar-refractivity contribution in [1.82, 2.24) is 0 Å². The lowest BCUT2D eigenvalue weighted by Crippen LogP contribution is -2.34. The molecule has 4 aliphatic heterocycles. The number of aryl methyl sites for hydroxylation is 2. The second-order valence-electron chi connectivity index (χ2n) is 22.3. The SMILES string of the molecule is Cc1ccc2c(-c3c(CC4COC(Cc5ccc(Cc6ccc(CC7COC7)cc6)cc5)OC4)ccc4cc(C)ccc34)cc(CC3COC(Cc4ccc(Cc5ccc(CC6COC6)cc5)cc4)OC3)cc2c1. The van der Waals surface area contributed by atoms with Gasteiger partial charge in [-0.15, -0.1) is 0 Å². The molecule has 0 radical (unpaired) electrons. The van der Waals surface area contributed by atoms with Crippen LogP contribution in [0.25, 0.3) is 32.7 Å². The third kappa shape index (κ3) is 11.9. The average Bonchev–Trinajstić information content (AvgIpc) is 3.39. The molecule has 4 heterocycles. The molecule has 8 aromatic rings. The molecule has 4 fully saturated rings. The molecule has 6 heteroatoms. The van der Waals surface area contributed by atoms with Crippen LogP contribution in [0.15, 0.2) is 158 Å². The summed E-state index contributed by atoms with van der Waals surface area (Å²) in [4.78, 5) is 0. The Morgan fingerprint density at radius 1 is 0.324 bits per heavy atom. The Bertz CT molecular complexity index is 3150. The largest absolute Gasteiger partial charge is 0.381 e. The fraction of sp³-hybridized carbons (Fsp3) is 0.353. The van der Waals surface area contributed by atoms with Gasteiger partial charge >= 0.3 is 0 Å². The van der Waals surface area contributed by atoms with Gasteiger partial charge in [-0.3, -0.25) is 0 Å². The van der Waals surface area contributed by atoms with E-state index in [0.29, 0.717) is 38.3 Å². The Labute approximate surface area is 437 Å². The van der Waals surface area contributed by atoms with Crippen LogP contribution in [-0.2, 0) is 79.8 Å². The van der Waals surface area contributed by atoms with Crippen LogP contribution >= 0.6 is 0 Å². The highest BCUT2D eigenvalue weighted by atomic mass is 16.7. The van der Waals surface area contributed by atoms with E-state index in [1.807, 2.05) is 0 Å². The second-order valence-corrected chi connectivity index (χ2v) is 22.3. The lowest BCUT2D eigenvalue weighted by molar-refractivity contribution is -0.199. The van der Waals surface area contributed by atoms with Crippen LogP contribution in [0.5, 0.6) is 0 Å². The lowest BCUT2D eigenvalue weighted by Gasteiger charge is -2.30. The summed E-state index contributed by atoms with van der Waals surface area (Å²) in [5, 5.41) is 5.10. The second kappa shape index (κ2) is 22.5. The molecule has 0 aliphatic carbocycles. The van der Waals surface area contributed by atoms with Gasteiger partial charge in [-0.25, -0.2) is 0 Å². The molecule has 0 bridgehead atoms. The van der Waals surface area contributed by atoms with Gasteiger partial charge in [0.2, 0.25) is 0 Å². The van der Waals surface area contributed by atoms with Crippen molar-refractivity contribution in [3.63, 3.8) is 0 Å². The van der Waals surface area contributed by atoms with Gasteiger partial charge in [0.15, 0.2) is 12.6 Å². The summed E-state index contributed by atoms with van der Waals surface area (Å²) in [5.74, 6) is 1.86. The number of fused-ring (bicyclic) bond motifs is 2. The van der Waals surface area contributed by atoms with Crippen molar-refractivity contribution in [3.05, 3.63) is 224 Å². The van der Waals surface area contributed by atoms with E-state index in [-0.39, 0.29) is 24.4 Å². The highest BCUT2D eigenvalue weighted by Gasteiger charge is 2.27. The Morgan fingerprint density at radius 3 is 1.18 bits per heavy atom. The van der Waals surface area contributed by atoms with Crippen molar-refractivity contribution in [2.45, 2.75) is 77.8 Å². The van der Waals surface area contributed by atoms with Crippen molar-refractivity contribution in [2.75, 3.05) is 52.9 Å². The zero-order valence-electron chi connectivity index (χ0n) is 43.2. The number of benzene rings is 8. The summed E-state index contributed by atoms with van der Waals surface area (Å²) in [6, 6.07) is 59.6. The molecular formula is C68H70O6. The molecule has 12 rings (SSSR count). The fourth-order valence-electron chi connectivity index (χ4n) is 11.6. The third-order valence-electron chi connectivity index (χ3n) is 16.0. The van der Waals surface area contributed by atoms with Crippen molar-refractivity contribution < 1.29 is 28.4 Å². The minimum atomic E-state index is -0.250. The maximum absolute atomic E-state index is 6.50. The number of hydrogen-bond acceptors (Lipinski definition) is 6. The van der Waals surface area contributed by atoms with Crippen LogP contribution in [0.4, 0.5) is 0 Å². The maximum atomic E-state index is 6.50. The van der Waals surface area contributed by atoms with Crippen molar-refractivity contribution in [2.24, 2.45) is 23.7 Å². The Morgan fingerprint density at radius 2 is 0.716 bits per heavy atom. The standard InChI is InChI=1S/C68H70O6/c1-45-4-24-64-60(25-45)21-22-61(33-59-43-73-67(74-44-59)36-54-19-15-50(16-20-54)28-48-7-11-52(12-8-48)30-57-39-70-40-57)68(64)65-34-55(32-62-26-46(2)3-23-63(62)65)31-58-41-71-66(72-42-58)35-53-17-13-49(14-18-53)27-47-5-9-51(10-6-47)29-56-37-69-38-56/h3-26,32,34,56-59,66-67H,27-31,33,35-44H2,1-2H3. The summed E-state index contributed by atoms with van der Waals surface area (Å²) in [6.45, 7) is 10.6. The van der Waals surface area contributed by atoms with E-state index in [1.54, 1.807) is 0 Å². The van der Waals surface area contributed by atoms with Crippen LogP contribution in [0.3, 0.4) is 0 Å². The predicted molar refractivity (Wildman–Crippen MR) is 297 cm³/mol. The molecule has 0 spiro atoms. The van der Waals surface area contributed by atoms with Gasteiger partial charge in [-0.05, 0) is 141 Å². The van der Waals surface area contributed by atoms with Gasteiger partial charge in [-0.2, -0.15) is 0 Å². The molecule has 0 atom stereocenters. The maximum Gasteiger partial charge on any atom is 0.161 e. The Hall–Kier alpha value is -5.96. The summed E-state index contributed by atoms with van der Waals surface area (Å²) < 4.78 is 36.7. The fourth-order valence-corrected chi connectivity index (χ4v) is 11.6. The predicted octanol–water partition coefficient (Wildman–Crippen LogP) is 13.4. The van der Waals surface area contributed by atoms with E-state index in [1.165, 1.54) is 99.4 Å². The minimum Gasteiger partial charge on any atom is -0.381 e. The Kier molecular flexibility index (Phi) is 14.9. The van der Waals surface area contributed by atoms with E-state index >= 15 is 0 Å². The van der Waals surface area contributed by atoms with E-state index in [9.17, 15) is 0 Å². The number of hydrogen-bond donors (Lipinski definition) is 0. The van der Waals surface area contributed by atoms with Crippen molar-refractivity contribution >= 4 is 21.5 Å². The molecule has 0 amide bonds. The van der Waals surface area contributed by atoms with E-state index in [4.69, 9.17) is 28.4 Å². The highest BCUT2D eigenvalue weighted by Crippen LogP contribution is 2.40. The molecule has 4 aliphatic rings. The van der Waals surface area contributed by atoms with Gasteiger partial charge in [0.05, 0.1) is 52.9 Å². The summed E-state index contributed by atoms with van der Waals surface area (Å²) >= 11 is 0. The molecular weight excluding hydrogens is 913 g/mol. The molecule has 6 nitrogen and oxygen atoms in total. The van der Waals surface area contributed by atoms with Crippen LogP contribution < -0.4 is 0 Å². The highest BCUT2D eigenvalue weighted by molar-refractivity contribution is 6.07. The first-order valence-corrected chi connectivity index (χ1v) is 27.3. The van der Waals surface area contributed by atoms with Crippen LogP contribution in [0, 0.1) is 37.5 Å². The van der Waals surface area contributed by atoms with Gasteiger partial charge < -0.3 is 28.4 Å². The first-order chi connectivity index (χ1) is 36.3. The molecule has 8 aromatic carbocycles. The summed E-state index contributed by atoms with van der Waals surface area (Å²) in [6.07, 6.45) is 6.82. The van der Waals surface area contributed by atoms with Crippen molar-refractivity contribution in [1.29, 1.82) is 0 Å². The molecule has 378 valence electrons. The van der Waals surface area contributed by atoms with E-state index in [0.717, 1.165) is 77.8 Å².